The molecular formula is C11H20N4. The van der Waals surface area contributed by atoms with Gasteiger partial charge in [-0.3, -0.25) is 9.58 Å². The Balaban J connectivity index is 1.79. The van der Waals surface area contributed by atoms with Gasteiger partial charge in [-0.1, -0.05) is 6.92 Å². The lowest BCUT2D eigenvalue weighted by atomic mass is 9.97. The molecule has 0 aromatic carbocycles. The number of hydrogen-bond donors (Lipinski definition) is 1. The fourth-order valence-corrected chi connectivity index (χ4v) is 2.37. The molecule has 0 bridgehead atoms. The molecule has 2 N–H and O–H groups in total. The van der Waals surface area contributed by atoms with E-state index in [9.17, 15) is 0 Å². The molecule has 0 amide bonds. The van der Waals surface area contributed by atoms with Gasteiger partial charge in [-0.05, 0) is 18.4 Å². The van der Waals surface area contributed by atoms with Crippen LogP contribution < -0.4 is 5.73 Å². The summed E-state index contributed by atoms with van der Waals surface area (Å²) in [4.78, 5) is 2.44. The second-order valence-electron chi connectivity index (χ2n) is 4.63. The highest BCUT2D eigenvalue weighted by Gasteiger charge is 2.21. The first-order valence-corrected chi connectivity index (χ1v) is 5.69. The average molecular weight is 208 g/mol. The van der Waals surface area contributed by atoms with Gasteiger partial charge in [0.25, 0.3) is 0 Å². The molecule has 15 heavy (non-hydrogen) atoms. The lowest BCUT2D eigenvalue weighted by molar-refractivity contribution is 0.158. The Kier molecular flexibility index (Phi) is 3.38. The molecule has 4 nitrogen and oxygen atoms in total. The number of nitrogens with two attached hydrogens (primary N) is 1. The van der Waals surface area contributed by atoms with Crippen molar-refractivity contribution in [2.45, 2.75) is 25.9 Å². The van der Waals surface area contributed by atoms with Crippen LogP contribution in [0.25, 0.3) is 0 Å². The first kappa shape index (κ1) is 10.6. The summed E-state index contributed by atoms with van der Waals surface area (Å²) in [6.45, 7) is 6.51. The molecule has 0 spiro atoms. The number of rotatable bonds is 3. The zero-order chi connectivity index (χ0) is 10.7. The Hall–Kier alpha value is -0.870. The van der Waals surface area contributed by atoms with Crippen LogP contribution in [0.5, 0.6) is 0 Å². The first-order chi connectivity index (χ1) is 7.24. The molecule has 1 fully saturated rings. The fraction of sp³-hybridized carbons (Fsp3) is 0.727. The average Bonchev–Trinajstić information content (AvgIpc) is 2.65. The van der Waals surface area contributed by atoms with Crippen LogP contribution in [-0.4, -0.2) is 40.4 Å². The summed E-state index contributed by atoms with van der Waals surface area (Å²) in [7, 11) is 0. The summed E-state index contributed by atoms with van der Waals surface area (Å²) < 4.78 is 1.98. The number of nitrogens with zero attached hydrogens (tertiary/aromatic N) is 3. The predicted molar refractivity (Wildman–Crippen MR) is 60.4 cm³/mol. The summed E-state index contributed by atoms with van der Waals surface area (Å²) >= 11 is 0. The number of piperidine rings is 1. The zero-order valence-electron chi connectivity index (χ0n) is 9.34. The Labute approximate surface area is 91.1 Å². The summed E-state index contributed by atoms with van der Waals surface area (Å²) in [6, 6.07) is 2.32. The van der Waals surface area contributed by atoms with E-state index in [1.807, 2.05) is 23.1 Å². The summed E-state index contributed by atoms with van der Waals surface area (Å²) in [5, 5.41) is 4.20. The van der Waals surface area contributed by atoms with Gasteiger partial charge in [-0.2, -0.15) is 5.10 Å². The molecule has 0 radical (unpaired) electrons. The Bertz CT molecular complexity index is 273. The SMILES string of the molecule is CC1CC(N)CN(CCn2cccn2)C1. The normalized spacial score (nSPS) is 28.1. The van der Waals surface area contributed by atoms with Crippen molar-refractivity contribution in [2.75, 3.05) is 19.6 Å². The molecule has 2 rings (SSSR count). The zero-order valence-corrected chi connectivity index (χ0v) is 9.34. The number of aromatic nitrogens is 2. The molecule has 1 aromatic rings. The van der Waals surface area contributed by atoms with Gasteiger partial charge in [0.1, 0.15) is 0 Å². The maximum atomic E-state index is 6.00. The van der Waals surface area contributed by atoms with Crippen LogP contribution in [0.2, 0.25) is 0 Å². The monoisotopic (exact) mass is 208 g/mol. The second-order valence-corrected chi connectivity index (χ2v) is 4.63. The van der Waals surface area contributed by atoms with Crippen molar-refractivity contribution in [3.8, 4) is 0 Å². The lowest BCUT2D eigenvalue weighted by Crippen LogP contribution is -2.47. The third kappa shape index (κ3) is 3.04. The molecule has 2 unspecified atom stereocenters. The molecule has 0 aliphatic carbocycles. The Morgan fingerprint density at radius 2 is 2.27 bits per heavy atom. The molecular weight excluding hydrogens is 188 g/mol. The number of hydrogen-bond acceptors (Lipinski definition) is 3. The molecule has 2 heterocycles. The molecule has 4 heteroatoms. The maximum Gasteiger partial charge on any atom is 0.0536 e. The summed E-state index contributed by atoms with van der Waals surface area (Å²) in [6.07, 6.45) is 5.00. The summed E-state index contributed by atoms with van der Waals surface area (Å²) in [5.41, 5.74) is 6.00. The van der Waals surface area contributed by atoms with Crippen LogP contribution in [0, 0.1) is 5.92 Å². The van der Waals surface area contributed by atoms with Gasteiger partial charge in [-0.25, -0.2) is 0 Å². The molecule has 1 saturated heterocycles. The largest absolute Gasteiger partial charge is 0.327 e. The molecule has 1 aromatic heterocycles. The van der Waals surface area contributed by atoms with Gasteiger partial charge >= 0.3 is 0 Å². The highest BCUT2D eigenvalue weighted by atomic mass is 15.3. The van der Waals surface area contributed by atoms with Gasteiger partial charge in [-0.15, -0.1) is 0 Å². The van der Waals surface area contributed by atoms with Crippen molar-refractivity contribution < 1.29 is 0 Å². The Morgan fingerprint density at radius 1 is 1.40 bits per heavy atom. The van der Waals surface area contributed by atoms with Crippen molar-refractivity contribution in [3.05, 3.63) is 18.5 Å². The van der Waals surface area contributed by atoms with E-state index in [0.29, 0.717) is 6.04 Å². The lowest BCUT2D eigenvalue weighted by Gasteiger charge is -2.34. The van der Waals surface area contributed by atoms with Crippen molar-refractivity contribution >= 4 is 0 Å². The minimum Gasteiger partial charge on any atom is -0.327 e. The fourth-order valence-electron chi connectivity index (χ4n) is 2.37. The molecule has 0 saturated carbocycles. The third-order valence-corrected chi connectivity index (χ3v) is 2.97. The van der Waals surface area contributed by atoms with Crippen molar-refractivity contribution in [1.29, 1.82) is 0 Å². The maximum absolute atomic E-state index is 6.00. The summed E-state index contributed by atoms with van der Waals surface area (Å²) in [5.74, 6) is 0.728. The van der Waals surface area contributed by atoms with E-state index >= 15 is 0 Å². The third-order valence-electron chi connectivity index (χ3n) is 2.97. The van der Waals surface area contributed by atoms with Crippen LogP contribution in [0.15, 0.2) is 18.5 Å². The number of likely N-dealkylation sites (tertiary alicyclic amines) is 1. The van der Waals surface area contributed by atoms with Gasteiger partial charge in [0, 0.05) is 38.1 Å². The molecule has 2 atom stereocenters. The topological polar surface area (TPSA) is 47.1 Å². The molecule has 1 aliphatic rings. The highest BCUT2D eigenvalue weighted by molar-refractivity contribution is 4.81. The van der Waals surface area contributed by atoms with E-state index < -0.39 is 0 Å². The van der Waals surface area contributed by atoms with Crippen LogP contribution in [0.1, 0.15) is 13.3 Å². The van der Waals surface area contributed by atoms with Gasteiger partial charge in [0.15, 0.2) is 0 Å². The van der Waals surface area contributed by atoms with Crippen LogP contribution in [0.3, 0.4) is 0 Å². The van der Waals surface area contributed by atoms with E-state index in [-0.39, 0.29) is 0 Å². The van der Waals surface area contributed by atoms with Crippen molar-refractivity contribution in [3.63, 3.8) is 0 Å². The van der Waals surface area contributed by atoms with Gasteiger partial charge in [0.05, 0.1) is 6.54 Å². The quantitative estimate of drug-likeness (QED) is 0.789. The van der Waals surface area contributed by atoms with E-state index in [0.717, 1.165) is 32.0 Å². The van der Waals surface area contributed by atoms with E-state index in [1.54, 1.807) is 0 Å². The van der Waals surface area contributed by atoms with Gasteiger partial charge < -0.3 is 5.73 Å². The Morgan fingerprint density at radius 3 is 2.93 bits per heavy atom. The van der Waals surface area contributed by atoms with Gasteiger partial charge in [0.2, 0.25) is 0 Å². The smallest absolute Gasteiger partial charge is 0.0536 e. The minimum atomic E-state index is 0.353. The van der Waals surface area contributed by atoms with Crippen LogP contribution in [-0.2, 0) is 6.54 Å². The highest BCUT2D eigenvalue weighted by Crippen LogP contribution is 2.14. The van der Waals surface area contributed by atoms with E-state index in [1.165, 1.54) is 6.54 Å². The second kappa shape index (κ2) is 4.77. The van der Waals surface area contributed by atoms with Crippen molar-refractivity contribution in [1.82, 2.24) is 14.7 Å². The predicted octanol–water partition coefficient (Wildman–Crippen LogP) is 0.552. The molecule has 84 valence electrons. The van der Waals surface area contributed by atoms with Crippen LogP contribution >= 0.6 is 0 Å². The van der Waals surface area contributed by atoms with E-state index in [4.69, 9.17) is 5.73 Å². The standard InChI is InChI=1S/C11H20N4/c1-10-7-11(12)9-14(8-10)5-6-15-4-2-3-13-15/h2-4,10-11H,5-9,12H2,1H3. The molecule has 1 aliphatic heterocycles. The first-order valence-electron chi connectivity index (χ1n) is 5.69. The van der Waals surface area contributed by atoms with Crippen molar-refractivity contribution in [2.24, 2.45) is 11.7 Å². The van der Waals surface area contributed by atoms with Crippen LogP contribution in [0.4, 0.5) is 0 Å². The van der Waals surface area contributed by atoms with E-state index in [2.05, 4.69) is 16.9 Å². The minimum absolute atomic E-state index is 0.353.